The van der Waals surface area contributed by atoms with Gasteiger partial charge in [0, 0.05) is 43.7 Å². The van der Waals surface area contributed by atoms with E-state index in [1.807, 2.05) is 6.07 Å². The van der Waals surface area contributed by atoms with Gasteiger partial charge in [0.05, 0.1) is 33.1 Å². The van der Waals surface area contributed by atoms with Gasteiger partial charge in [0.15, 0.2) is 0 Å². The molecule has 3 aromatic heterocycles. The summed E-state index contributed by atoms with van der Waals surface area (Å²) in [6, 6.07) is 65.7. The Bertz CT molecular complexity index is 3180. The van der Waals surface area contributed by atoms with Crippen LogP contribution in [0.2, 0.25) is 0 Å². The van der Waals surface area contributed by atoms with Crippen molar-refractivity contribution in [1.82, 2.24) is 13.8 Å². The largest absolute Gasteiger partial charge is 0.339 e. The lowest BCUT2D eigenvalue weighted by atomic mass is 9.98. The molecule has 0 aliphatic heterocycles. The van der Waals surface area contributed by atoms with Crippen molar-refractivity contribution >= 4 is 65.4 Å². The van der Waals surface area contributed by atoms with Gasteiger partial charge in [0.2, 0.25) is 0 Å². The Morgan fingerprint density at radius 2 is 0.577 bits per heavy atom. The SMILES string of the molecule is Nn1c2ccccc2c2cc(-c3ccc4c(c3)c3cc(-c5ccc6c(c5)c5ccccc5n6-c5ccccc5)ccc3n4-c3ccccc3)ccc21. The van der Waals surface area contributed by atoms with Crippen LogP contribution < -0.4 is 5.84 Å². The highest BCUT2D eigenvalue weighted by atomic mass is 15.3. The van der Waals surface area contributed by atoms with Gasteiger partial charge in [-0.3, -0.25) is 4.68 Å². The molecule has 0 bridgehead atoms. The maximum Gasteiger partial charge on any atom is 0.0704 e. The Hall–Kier alpha value is -7.04. The van der Waals surface area contributed by atoms with Crippen LogP contribution in [0, 0.1) is 0 Å². The lowest BCUT2D eigenvalue weighted by Gasteiger charge is -2.09. The number of benzene rings is 8. The minimum atomic E-state index is 1.03. The van der Waals surface area contributed by atoms with E-state index in [2.05, 4.69) is 185 Å². The number of nitrogens with zero attached hydrogens (tertiary/aromatic N) is 3. The van der Waals surface area contributed by atoms with Gasteiger partial charge >= 0.3 is 0 Å². The molecule has 0 spiro atoms. The van der Waals surface area contributed by atoms with Crippen molar-refractivity contribution in [3.05, 3.63) is 182 Å². The van der Waals surface area contributed by atoms with E-state index in [0.717, 1.165) is 27.5 Å². The van der Waals surface area contributed by atoms with E-state index in [1.165, 1.54) is 71.6 Å². The monoisotopic (exact) mass is 664 g/mol. The second kappa shape index (κ2) is 11.0. The zero-order valence-corrected chi connectivity index (χ0v) is 28.2. The number of para-hydroxylation sites is 4. The number of fused-ring (bicyclic) bond motifs is 9. The fourth-order valence-corrected chi connectivity index (χ4v) is 8.43. The van der Waals surface area contributed by atoms with Crippen LogP contribution in [-0.4, -0.2) is 13.8 Å². The van der Waals surface area contributed by atoms with Gasteiger partial charge in [-0.05, 0) is 107 Å². The minimum Gasteiger partial charge on any atom is -0.339 e. The number of hydrogen-bond donors (Lipinski definition) is 1. The summed E-state index contributed by atoms with van der Waals surface area (Å²) in [6.45, 7) is 0. The summed E-state index contributed by atoms with van der Waals surface area (Å²) >= 11 is 0. The quantitative estimate of drug-likeness (QED) is 0.187. The fraction of sp³-hybridized carbons (Fsp3) is 0. The smallest absolute Gasteiger partial charge is 0.0704 e. The Kier molecular flexibility index (Phi) is 6.07. The maximum atomic E-state index is 6.52. The number of rotatable bonds is 4. The molecule has 0 saturated heterocycles. The second-order valence-electron chi connectivity index (χ2n) is 13.7. The molecule has 11 rings (SSSR count). The lowest BCUT2D eigenvalue weighted by Crippen LogP contribution is -2.06. The highest BCUT2D eigenvalue weighted by Gasteiger charge is 2.17. The van der Waals surface area contributed by atoms with Gasteiger partial charge in [-0.25, -0.2) is 0 Å². The standard InChI is InChI=1S/C48H32N4/c49-52-47-18-10-8-16-38(47)40-28-34(22-26-48(40)52)33-21-25-46-42(30-33)41-29-32(20-24-45(41)51(46)36-13-5-2-6-14-36)31-19-23-44-39(27-31)37-15-7-9-17-43(37)50(44)35-11-3-1-4-12-35/h1-30H,49H2. The van der Waals surface area contributed by atoms with Gasteiger partial charge in [-0.1, -0.05) is 97.1 Å². The van der Waals surface area contributed by atoms with Gasteiger partial charge in [0.1, 0.15) is 0 Å². The first-order chi connectivity index (χ1) is 25.7. The van der Waals surface area contributed by atoms with Crippen LogP contribution >= 0.6 is 0 Å². The molecule has 52 heavy (non-hydrogen) atoms. The van der Waals surface area contributed by atoms with Gasteiger partial charge in [-0.15, -0.1) is 0 Å². The predicted molar refractivity (Wildman–Crippen MR) is 219 cm³/mol. The summed E-state index contributed by atoms with van der Waals surface area (Å²) < 4.78 is 6.55. The minimum absolute atomic E-state index is 1.03. The zero-order chi connectivity index (χ0) is 34.3. The predicted octanol–water partition coefficient (Wildman–Crippen LogP) is 12.0. The van der Waals surface area contributed by atoms with Crippen LogP contribution in [0.5, 0.6) is 0 Å². The van der Waals surface area contributed by atoms with E-state index in [9.17, 15) is 0 Å². The Morgan fingerprint density at radius 3 is 1.06 bits per heavy atom. The molecule has 8 aromatic carbocycles. The van der Waals surface area contributed by atoms with Gasteiger partial charge in [-0.2, -0.15) is 0 Å². The molecule has 4 heteroatoms. The molecular formula is C48H32N4. The second-order valence-corrected chi connectivity index (χ2v) is 13.7. The van der Waals surface area contributed by atoms with Crippen molar-refractivity contribution < 1.29 is 0 Å². The molecule has 0 radical (unpaired) electrons. The van der Waals surface area contributed by atoms with Crippen LogP contribution in [0.4, 0.5) is 0 Å². The summed E-state index contributed by atoms with van der Waals surface area (Å²) in [5, 5.41) is 7.28. The molecule has 2 N–H and O–H groups in total. The fourth-order valence-electron chi connectivity index (χ4n) is 8.43. The van der Waals surface area contributed by atoms with Crippen LogP contribution in [-0.2, 0) is 0 Å². The van der Waals surface area contributed by atoms with E-state index in [1.54, 1.807) is 4.68 Å². The Balaban J connectivity index is 1.12. The third kappa shape index (κ3) is 4.15. The number of nitrogen functional groups attached to an aromatic ring is 1. The maximum absolute atomic E-state index is 6.52. The molecule has 4 nitrogen and oxygen atoms in total. The van der Waals surface area contributed by atoms with Gasteiger partial charge < -0.3 is 15.0 Å². The Morgan fingerprint density at radius 1 is 0.269 bits per heavy atom. The van der Waals surface area contributed by atoms with Crippen LogP contribution in [0.1, 0.15) is 0 Å². The van der Waals surface area contributed by atoms with E-state index in [0.29, 0.717) is 0 Å². The van der Waals surface area contributed by atoms with Crippen molar-refractivity contribution in [2.24, 2.45) is 0 Å². The molecule has 11 aromatic rings. The van der Waals surface area contributed by atoms with Gasteiger partial charge in [0.25, 0.3) is 0 Å². The normalized spacial score (nSPS) is 11.9. The molecule has 244 valence electrons. The van der Waals surface area contributed by atoms with Crippen molar-refractivity contribution in [3.63, 3.8) is 0 Å². The highest BCUT2D eigenvalue weighted by molar-refractivity contribution is 6.14. The number of aromatic nitrogens is 3. The number of hydrogen-bond acceptors (Lipinski definition) is 1. The highest BCUT2D eigenvalue weighted by Crippen LogP contribution is 2.40. The molecule has 0 aliphatic carbocycles. The molecule has 0 atom stereocenters. The van der Waals surface area contributed by atoms with Crippen LogP contribution in [0.15, 0.2) is 182 Å². The zero-order valence-electron chi connectivity index (χ0n) is 28.2. The average Bonchev–Trinajstić information content (AvgIpc) is 3.83. The van der Waals surface area contributed by atoms with Crippen LogP contribution in [0.3, 0.4) is 0 Å². The van der Waals surface area contributed by atoms with E-state index < -0.39 is 0 Å². The lowest BCUT2D eigenvalue weighted by molar-refractivity contribution is 1.12. The first-order valence-electron chi connectivity index (χ1n) is 17.7. The number of nitrogens with two attached hydrogens (primary N) is 1. The molecule has 0 aliphatic rings. The van der Waals surface area contributed by atoms with Crippen LogP contribution in [0.25, 0.3) is 99.0 Å². The molecule has 0 fully saturated rings. The molecule has 0 saturated carbocycles. The average molecular weight is 665 g/mol. The summed E-state index contributed by atoms with van der Waals surface area (Å²) in [6.07, 6.45) is 0. The summed E-state index contributed by atoms with van der Waals surface area (Å²) in [5.74, 6) is 6.52. The van der Waals surface area contributed by atoms with Crippen molar-refractivity contribution in [2.75, 3.05) is 5.84 Å². The van der Waals surface area contributed by atoms with E-state index in [-0.39, 0.29) is 0 Å². The first kappa shape index (κ1) is 28.8. The van der Waals surface area contributed by atoms with E-state index in [4.69, 9.17) is 5.84 Å². The van der Waals surface area contributed by atoms with E-state index >= 15 is 0 Å². The molecule has 3 heterocycles. The Labute approximate surface area is 299 Å². The summed E-state index contributed by atoms with van der Waals surface area (Å²) in [4.78, 5) is 0. The first-order valence-corrected chi connectivity index (χ1v) is 17.7. The van der Waals surface area contributed by atoms with Crippen molar-refractivity contribution in [1.29, 1.82) is 0 Å². The summed E-state index contributed by atoms with van der Waals surface area (Å²) in [5.41, 5.74) is 13.9. The molecular weight excluding hydrogens is 633 g/mol. The molecule has 0 amide bonds. The third-order valence-corrected chi connectivity index (χ3v) is 10.8. The van der Waals surface area contributed by atoms with Crippen molar-refractivity contribution in [2.45, 2.75) is 0 Å². The topological polar surface area (TPSA) is 40.8 Å². The summed E-state index contributed by atoms with van der Waals surface area (Å²) in [7, 11) is 0. The third-order valence-electron chi connectivity index (χ3n) is 10.8. The van der Waals surface area contributed by atoms with Crippen molar-refractivity contribution in [3.8, 4) is 33.6 Å². The molecule has 0 unspecified atom stereocenters.